The van der Waals surface area contributed by atoms with Crippen molar-refractivity contribution in [2.45, 2.75) is 32.1 Å². The summed E-state index contributed by atoms with van der Waals surface area (Å²) >= 11 is 2.93. The van der Waals surface area contributed by atoms with Crippen molar-refractivity contribution in [3.63, 3.8) is 0 Å². The van der Waals surface area contributed by atoms with Crippen molar-refractivity contribution in [3.05, 3.63) is 39.9 Å². The van der Waals surface area contributed by atoms with E-state index in [9.17, 15) is 14.9 Å². The lowest BCUT2D eigenvalue weighted by Crippen LogP contribution is -2.09. The Hall–Kier alpha value is -1.23. The first kappa shape index (κ1) is 13.8. The number of para-hydroxylation sites is 1. The van der Waals surface area contributed by atoms with E-state index in [1.165, 1.54) is 6.07 Å². The first-order valence-electron chi connectivity index (χ1n) is 5.50. The molecule has 1 rings (SSSR count). The second-order valence-corrected chi connectivity index (χ2v) is 4.60. The molecule has 0 aliphatic carbocycles. The van der Waals surface area contributed by atoms with Crippen LogP contribution in [-0.2, 0) is 4.79 Å². The summed E-state index contributed by atoms with van der Waals surface area (Å²) < 4.78 is -0.194. The van der Waals surface area contributed by atoms with E-state index in [1.54, 1.807) is 18.2 Å². The van der Waals surface area contributed by atoms with E-state index >= 15 is 0 Å². The van der Waals surface area contributed by atoms with Gasteiger partial charge in [0, 0.05) is 11.6 Å². The van der Waals surface area contributed by atoms with Gasteiger partial charge in [0.15, 0.2) is 0 Å². The number of benzene rings is 1. The molecular weight excluding hydrogens is 286 g/mol. The molecule has 0 fully saturated rings. The van der Waals surface area contributed by atoms with Crippen LogP contribution in [0, 0.1) is 10.1 Å². The summed E-state index contributed by atoms with van der Waals surface area (Å²) in [5, 5.41) is 10.9. The smallest absolute Gasteiger partial charge is 0.273 e. The SMILES string of the molecule is CCCCC(C(=O)Br)c1ccccc1[N+](=O)[O-]. The number of carbonyl (C=O) groups excluding carboxylic acids is 1. The fourth-order valence-corrected chi connectivity index (χ4v) is 2.22. The average Bonchev–Trinajstić information content (AvgIpc) is 2.29. The van der Waals surface area contributed by atoms with Gasteiger partial charge < -0.3 is 0 Å². The van der Waals surface area contributed by atoms with Gasteiger partial charge in [-0.2, -0.15) is 0 Å². The average molecular weight is 300 g/mol. The Morgan fingerprint density at radius 1 is 1.47 bits per heavy atom. The van der Waals surface area contributed by atoms with Crippen LogP contribution in [0.3, 0.4) is 0 Å². The Kier molecular flexibility index (Phi) is 5.28. The number of hydrogen-bond donors (Lipinski definition) is 0. The third kappa shape index (κ3) is 3.63. The minimum Gasteiger partial charge on any atom is -0.286 e. The molecule has 1 unspecified atom stereocenters. The molecule has 0 aliphatic heterocycles. The highest BCUT2D eigenvalue weighted by Gasteiger charge is 2.25. The molecule has 0 N–H and O–H groups in total. The van der Waals surface area contributed by atoms with Crippen LogP contribution >= 0.6 is 15.9 Å². The normalized spacial score (nSPS) is 12.1. The zero-order valence-corrected chi connectivity index (χ0v) is 11.1. The van der Waals surface area contributed by atoms with Crippen molar-refractivity contribution in [2.24, 2.45) is 0 Å². The van der Waals surface area contributed by atoms with Crippen LogP contribution in [0.2, 0.25) is 0 Å². The predicted octanol–water partition coefficient (Wildman–Crippen LogP) is 3.79. The topological polar surface area (TPSA) is 60.2 Å². The molecule has 0 aromatic heterocycles. The minimum atomic E-state index is -0.440. The number of carbonyl (C=O) groups is 1. The highest BCUT2D eigenvalue weighted by Crippen LogP contribution is 2.32. The number of nitrogens with zero attached hydrogens (tertiary/aromatic N) is 1. The molecule has 17 heavy (non-hydrogen) atoms. The van der Waals surface area contributed by atoms with E-state index in [0.29, 0.717) is 12.0 Å². The molecule has 0 radical (unpaired) electrons. The van der Waals surface area contributed by atoms with Gasteiger partial charge in [-0.1, -0.05) is 38.0 Å². The van der Waals surface area contributed by atoms with Crippen molar-refractivity contribution < 1.29 is 9.72 Å². The number of halogens is 1. The van der Waals surface area contributed by atoms with Crippen molar-refractivity contribution in [1.29, 1.82) is 0 Å². The van der Waals surface area contributed by atoms with E-state index in [4.69, 9.17) is 0 Å². The zero-order chi connectivity index (χ0) is 12.8. The Morgan fingerprint density at radius 3 is 2.65 bits per heavy atom. The standard InChI is InChI=1S/C12H14BrNO3/c1-2-3-6-10(12(13)15)9-7-4-5-8-11(9)14(16)17/h4-5,7-8,10H,2-3,6H2,1H3. The summed E-state index contributed by atoms with van der Waals surface area (Å²) in [6.45, 7) is 2.02. The minimum absolute atomic E-state index is 0.0152. The second kappa shape index (κ2) is 6.49. The van der Waals surface area contributed by atoms with Crippen LogP contribution in [-0.4, -0.2) is 9.62 Å². The largest absolute Gasteiger partial charge is 0.286 e. The quantitative estimate of drug-likeness (QED) is 0.456. The number of unbranched alkanes of at least 4 members (excludes halogenated alkanes) is 1. The Morgan fingerprint density at radius 2 is 2.12 bits per heavy atom. The van der Waals surface area contributed by atoms with E-state index in [0.717, 1.165) is 12.8 Å². The van der Waals surface area contributed by atoms with Crippen LogP contribution in [0.25, 0.3) is 0 Å². The number of hydrogen-bond acceptors (Lipinski definition) is 3. The van der Waals surface area contributed by atoms with Crippen LogP contribution in [0.4, 0.5) is 5.69 Å². The summed E-state index contributed by atoms with van der Waals surface area (Å²) in [5.41, 5.74) is 0.509. The lowest BCUT2D eigenvalue weighted by Gasteiger charge is -2.12. The van der Waals surface area contributed by atoms with Gasteiger partial charge in [-0.15, -0.1) is 0 Å². The van der Waals surface area contributed by atoms with Crippen molar-refractivity contribution in [3.8, 4) is 0 Å². The fourth-order valence-electron chi connectivity index (χ4n) is 1.75. The van der Waals surface area contributed by atoms with E-state index < -0.39 is 10.8 Å². The molecule has 0 heterocycles. The van der Waals surface area contributed by atoms with Crippen molar-refractivity contribution in [1.82, 2.24) is 0 Å². The monoisotopic (exact) mass is 299 g/mol. The third-order valence-corrected chi connectivity index (χ3v) is 3.18. The van der Waals surface area contributed by atoms with Gasteiger partial charge in [-0.05, 0) is 22.4 Å². The Balaban J connectivity index is 3.09. The van der Waals surface area contributed by atoms with E-state index in [2.05, 4.69) is 15.9 Å². The summed E-state index contributed by atoms with van der Waals surface area (Å²) in [6, 6.07) is 6.41. The molecular formula is C12H14BrNO3. The van der Waals surface area contributed by atoms with Crippen LogP contribution in [0.15, 0.2) is 24.3 Å². The fraction of sp³-hybridized carbons (Fsp3) is 0.417. The maximum atomic E-state index is 11.5. The number of nitro groups is 1. The predicted molar refractivity (Wildman–Crippen MR) is 69.3 cm³/mol. The number of nitro benzene ring substituents is 1. The van der Waals surface area contributed by atoms with E-state index in [1.807, 2.05) is 6.92 Å². The maximum absolute atomic E-state index is 11.5. The van der Waals surface area contributed by atoms with Gasteiger partial charge in [-0.25, -0.2) is 0 Å². The molecule has 5 heteroatoms. The molecule has 0 aliphatic rings. The lowest BCUT2D eigenvalue weighted by atomic mass is 9.93. The van der Waals surface area contributed by atoms with Crippen LogP contribution < -0.4 is 0 Å². The Bertz CT molecular complexity index is 420. The molecule has 1 atom stereocenters. The maximum Gasteiger partial charge on any atom is 0.273 e. The van der Waals surface area contributed by atoms with Gasteiger partial charge in [0.1, 0.15) is 0 Å². The third-order valence-electron chi connectivity index (χ3n) is 2.63. The van der Waals surface area contributed by atoms with Gasteiger partial charge in [0.2, 0.25) is 4.69 Å². The highest BCUT2D eigenvalue weighted by molar-refractivity contribution is 9.18. The van der Waals surface area contributed by atoms with Crippen LogP contribution in [0.1, 0.15) is 37.7 Å². The van der Waals surface area contributed by atoms with Crippen molar-refractivity contribution in [2.75, 3.05) is 0 Å². The summed E-state index contributed by atoms with van der Waals surface area (Å²) in [6.07, 6.45) is 2.46. The molecule has 1 aromatic rings. The molecule has 0 amide bonds. The highest BCUT2D eigenvalue weighted by atomic mass is 79.9. The molecule has 0 saturated carbocycles. The van der Waals surface area contributed by atoms with Gasteiger partial charge in [0.05, 0.1) is 10.8 Å². The molecule has 0 bridgehead atoms. The number of rotatable bonds is 6. The van der Waals surface area contributed by atoms with Gasteiger partial charge in [-0.3, -0.25) is 14.9 Å². The summed E-state index contributed by atoms with van der Waals surface area (Å²) in [5.74, 6) is -0.434. The first-order chi connectivity index (χ1) is 8.07. The van der Waals surface area contributed by atoms with Crippen molar-refractivity contribution >= 4 is 26.3 Å². The summed E-state index contributed by atoms with van der Waals surface area (Å²) in [7, 11) is 0. The molecule has 92 valence electrons. The second-order valence-electron chi connectivity index (χ2n) is 3.81. The van der Waals surface area contributed by atoms with E-state index in [-0.39, 0.29) is 10.4 Å². The summed E-state index contributed by atoms with van der Waals surface area (Å²) in [4.78, 5) is 22.0. The molecule has 0 saturated heterocycles. The van der Waals surface area contributed by atoms with Gasteiger partial charge >= 0.3 is 0 Å². The first-order valence-corrected chi connectivity index (χ1v) is 6.29. The Labute approximate surface area is 108 Å². The molecule has 4 nitrogen and oxygen atoms in total. The molecule has 0 spiro atoms. The van der Waals surface area contributed by atoms with Gasteiger partial charge in [0.25, 0.3) is 5.69 Å². The zero-order valence-electron chi connectivity index (χ0n) is 9.56. The molecule has 1 aromatic carbocycles. The van der Waals surface area contributed by atoms with Crippen LogP contribution in [0.5, 0.6) is 0 Å². The lowest BCUT2D eigenvalue weighted by molar-refractivity contribution is -0.385.